The number of hydrogen-bond acceptors (Lipinski definition) is 7. The summed E-state index contributed by atoms with van der Waals surface area (Å²) in [6.45, 7) is 3.44. The monoisotopic (exact) mass is 762 g/mol. The lowest BCUT2D eigenvalue weighted by atomic mass is 10.1. The maximum atomic E-state index is 12.4. The van der Waals surface area contributed by atoms with Gasteiger partial charge < -0.3 is 24.4 Å². The first-order valence-corrected chi connectivity index (χ1v) is 21.5. The van der Waals surface area contributed by atoms with Gasteiger partial charge in [-0.05, 0) is 70.6 Å². The molecule has 0 saturated carbocycles. The van der Waals surface area contributed by atoms with Gasteiger partial charge in [-0.2, -0.15) is 0 Å². The van der Waals surface area contributed by atoms with E-state index in [4.69, 9.17) is 19.3 Å². The van der Waals surface area contributed by atoms with Crippen molar-refractivity contribution in [3.63, 3.8) is 0 Å². The highest BCUT2D eigenvalue weighted by atomic mass is 31.2. The molecule has 10 heteroatoms. The van der Waals surface area contributed by atoms with Crippen LogP contribution in [-0.4, -0.2) is 52.3 Å². The van der Waals surface area contributed by atoms with Crippen molar-refractivity contribution in [2.45, 2.75) is 161 Å². The number of ether oxygens (including phenoxy) is 2. The SMILES string of the molecule is CCCCCCCC/C=C\C/C=C\C/C=C\CCCC(=O)OC[C@H](COP(=O)(O)O)OC(=O)CCC/C=C\C/C=C\C/C=C\C=C\[C@@H](O)CCCCC. The standard InChI is InChI=1S/C43H71O9P/c1-3-5-7-8-9-10-11-12-13-14-15-16-19-22-25-28-32-36-42(45)50-38-41(39-51-53(47,48)49)52-43(46)37-33-29-26-23-20-17-18-21-24-27-31-35-40(44)34-30-6-4-2/h12-13,15-18,22-27,31,35,40-41,44H,3-11,14,19-21,28-30,32-34,36-39H2,1-2H3,(H2,47,48,49)/b13-12-,16-15-,18-17-,25-22-,26-23-,27-24-,35-31+/t40-,41+/m0/s1. The van der Waals surface area contributed by atoms with Gasteiger partial charge in [0.25, 0.3) is 0 Å². The van der Waals surface area contributed by atoms with Crippen LogP contribution in [0.1, 0.15) is 149 Å². The van der Waals surface area contributed by atoms with Crippen molar-refractivity contribution >= 4 is 19.8 Å². The van der Waals surface area contributed by atoms with Crippen LogP contribution in [0.5, 0.6) is 0 Å². The Hall–Kier alpha value is -2.81. The molecule has 0 aliphatic heterocycles. The Morgan fingerprint density at radius 2 is 1.08 bits per heavy atom. The average molecular weight is 763 g/mol. The summed E-state index contributed by atoms with van der Waals surface area (Å²) in [7, 11) is -4.79. The number of carbonyl (C=O) groups is 2. The predicted molar refractivity (Wildman–Crippen MR) is 217 cm³/mol. The third-order valence-electron chi connectivity index (χ3n) is 7.99. The van der Waals surface area contributed by atoms with Gasteiger partial charge in [-0.1, -0.05) is 150 Å². The van der Waals surface area contributed by atoms with Crippen molar-refractivity contribution < 1.29 is 43.0 Å². The Balaban J connectivity index is 4.19. The maximum Gasteiger partial charge on any atom is 0.469 e. The van der Waals surface area contributed by atoms with Crippen LogP contribution >= 0.6 is 7.82 Å². The van der Waals surface area contributed by atoms with Crippen LogP contribution < -0.4 is 0 Å². The van der Waals surface area contributed by atoms with E-state index in [-0.39, 0.29) is 25.6 Å². The third-order valence-corrected chi connectivity index (χ3v) is 8.48. The van der Waals surface area contributed by atoms with E-state index in [1.54, 1.807) is 0 Å². The maximum absolute atomic E-state index is 12.4. The Morgan fingerprint density at radius 3 is 1.66 bits per heavy atom. The lowest BCUT2D eigenvalue weighted by Gasteiger charge is -2.18. The molecule has 0 radical (unpaired) electrons. The molecule has 0 bridgehead atoms. The molecule has 3 N–H and O–H groups in total. The molecule has 0 aliphatic rings. The Morgan fingerprint density at radius 1 is 0.585 bits per heavy atom. The quantitative estimate of drug-likeness (QED) is 0.0189. The number of rotatable bonds is 35. The minimum Gasteiger partial charge on any atom is -0.462 e. The number of allylic oxidation sites excluding steroid dienone is 13. The molecule has 0 rings (SSSR count). The van der Waals surface area contributed by atoms with E-state index in [1.165, 1.54) is 38.5 Å². The first kappa shape index (κ1) is 50.2. The minimum absolute atomic E-state index is 0.101. The second-order valence-electron chi connectivity index (χ2n) is 13.1. The molecule has 9 nitrogen and oxygen atoms in total. The van der Waals surface area contributed by atoms with Gasteiger partial charge in [-0.25, -0.2) is 4.57 Å². The predicted octanol–water partition coefficient (Wildman–Crippen LogP) is 11.0. The largest absolute Gasteiger partial charge is 0.469 e. The van der Waals surface area contributed by atoms with Gasteiger partial charge in [-0.15, -0.1) is 0 Å². The highest BCUT2D eigenvalue weighted by Crippen LogP contribution is 2.36. The highest BCUT2D eigenvalue weighted by molar-refractivity contribution is 7.46. The summed E-state index contributed by atoms with van der Waals surface area (Å²) in [5.74, 6) is -1.05. The van der Waals surface area contributed by atoms with Gasteiger partial charge in [0.05, 0.1) is 12.7 Å². The number of hydrogen-bond donors (Lipinski definition) is 3. The topological polar surface area (TPSA) is 140 Å². The summed E-state index contributed by atoms with van der Waals surface area (Å²) in [6.07, 6.45) is 46.4. The van der Waals surface area contributed by atoms with Gasteiger partial charge in [-0.3, -0.25) is 14.1 Å². The first-order chi connectivity index (χ1) is 25.7. The molecule has 0 unspecified atom stereocenters. The number of phosphoric acid groups is 1. The second-order valence-corrected chi connectivity index (χ2v) is 14.3. The zero-order valence-corrected chi connectivity index (χ0v) is 33.6. The van der Waals surface area contributed by atoms with Crippen LogP contribution in [0.2, 0.25) is 0 Å². The van der Waals surface area contributed by atoms with Gasteiger partial charge in [0, 0.05) is 12.8 Å². The van der Waals surface area contributed by atoms with E-state index < -0.39 is 32.5 Å². The van der Waals surface area contributed by atoms with E-state index in [1.807, 2.05) is 42.5 Å². The fourth-order valence-electron chi connectivity index (χ4n) is 4.96. The van der Waals surface area contributed by atoms with Gasteiger partial charge >= 0.3 is 19.8 Å². The number of phosphoric ester groups is 1. The number of esters is 2. The van der Waals surface area contributed by atoms with E-state index in [0.717, 1.165) is 57.8 Å². The van der Waals surface area contributed by atoms with E-state index in [9.17, 15) is 19.3 Å². The van der Waals surface area contributed by atoms with Crippen LogP contribution in [0, 0.1) is 0 Å². The van der Waals surface area contributed by atoms with Crippen LogP contribution in [0.25, 0.3) is 0 Å². The highest BCUT2D eigenvalue weighted by Gasteiger charge is 2.22. The van der Waals surface area contributed by atoms with Crippen LogP contribution in [0.4, 0.5) is 0 Å². The first-order valence-electron chi connectivity index (χ1n) is 20.0. The van der Waals surface area contributed by atoms with Gasteiger partial charge in [0.2, 0.25) is 0 Å². The number of aliphatic hydroxyl groups excluding tert-OH is 1. The zero-order valence-electron chi connectivity index (χ0n) is 32.7. The second kappa shape index (κ2) is 37.5. The summed E-state index contributed by atoms with van der Waals surface area (Å²) in [4.78, 5) is 42.7. The molecule has 0 aromatic rings. The summed E-state index contributed by atoms with van der Waals surface area (Å²) >= 11 is 0. The molecule has 0 aromatic carbocycles. The normalized spacial score (nSPS) is 14.0. The fourth-order valence-corrected chi connectivity index (χ4v) is 5.32. The number of unbranched alkanes of at least 4 members (excludes halogenated alkanes) is 10. The van der Waals surface area contributed by atoms with Gasteiger partial charge in [0.15, 0.2) is 6.10 Å². The molecule has 0 fully saturated rings. The molecule has 0 saturated heterocycles. The lowest BCUT2D eigenvalue weighted by molar-refractivity contribution is -0.161. The van der Waals surface area contributed by atoms with Crippen LogP contribution in [0.3, 0.4) is 0 Å². The zero-order chi connectivity index (χ0) is 39.1. The van der Waals surface area contributed by atoms with Crippen molar-refractivity contribution in [3.8, 4) is 0 Å². The van der Waals surface area contributed by atoms with Gasteiger partial charge in [0.1, 0.15) is 6.61 Å². The lowest BCUT2D eigenvalue weighted by Crippen LogP contribution is -2.29. The van der Waals surface area contributed by atoms with Crippen molar-refractivity contribution in [1.29, 1.82) is 0 Å². The molecule has 302 valence electrons. The van der Waals surface area contributed by atoms with E-state index >= 15 is 0 Å². The smallest absolute Gasteiger partial charge is 0.462 e. The van der Waals surface area contributed by atoms with Crippen molar-refractivity contribution in [3.05, 3.63) is 85.1 Å². The molecule has 0 amide bonds. The molecular formula is C43H71O9P. The minimum atomic E-state index is -4.79. The van der Waals surface area contributed by atoms with Crippen LogP contribution in [-0.2, 0) is 28.2 Å². The number of aliphatic hydroxyl groups is 1. The average Bonchev–Trinajstić information content (AvgIpc) is 3.12. The van der Waals surface area contributed by atoms with E-state index in [0.29, 0.717) is 25.7 Å². The Bertz CT molecular complexity index is 1150. The summed E-state index contributed by atoms with van der Waals surface area (Å²) in [5.41, 5.74) is 0. The molecular weight excluding hydrogens is 691 g/mol. The summed E-state index contributed by atoms with van der Waals surface area (Å²) in [5, 5.41) is 9.86. The summed E-state index contributed by atoms with van der Waals surface area (Å²) < 4.78 is 26.2. The molecule has 0 heterocycles. The van der Waals surface area contributed by atoms with Crippen molar-refractivity contribution in [2.24, 2.45) is 0 Å². The molecule has 0 spiro atoms. The Labute approximate surface area is 321 Å². The molecule has 53 heavy (non-hydrogen) atoms. The van der Waals surface area contributed by atoms with Crippen molar-refractivity contribution in [1.82, 2.24) is 0 Å². The number of carbonyl (C=O) groups excluding carboxylic acids is 2. The van der Waals surface area contributed by atoms with Crippen LogP contribution in [0.15, 0.2) is 85.1 Å². The summed E-state index contributed by atoms with van der Waals surface area (Å²) in [6, 6.07) is 0. The molecule has 0 aromatic heterocycles. The molecule has 0 aliphatic carbocycles. The van der Waals surface area contributed by atoms with Crippen molar-refractivity contribution in [2.75, 3.05) is 13.2 Å². The third kappa shape index (κ3) is 40.2. The fraction of sp³-hybridized carbons (Fsp3) is 0.628. The van der Waals surface area contributed by atoms with E-state index in [2.05, 4.69) is 60.9 Å². The Kier molecular flexibility index (Phi) is 35.5. The molecule has 2 atom stereocenters.